The smallest absolute Gasteiger partial charge is 0.269 e. The van der Waals surface area contributed by atoms with Crippen LogP contribution in [0.3, 0.4) is 0 Å². The largest absolute Gasteiger partial charge is 0.410 e. The molecular weight excluding hydrogens is 342 g/mol. The number of aromatic amines is 1. The number of imidazole rings is 1. The van der Waals surface area contributed by atoms with E-state index in [1.807, 2.05) is 0 Å². The molecule has 0 aliphatic rings. The minimum Gasteiger partial charge on any atom is -0.410 e. The predicted molar refractivity (Wildman–Crippen MR) is 91.2 cm³/mol. The Kier molecular flexibility index (Phi) is 4.39. The van der Waals surface area contributed by atoms with E-state index < -0.39 is 9.85 Å². The number of rotatable bonds is 5. The van der Waals surface area contributed by atoms with Crippen LogP contribution in [0.5, 0.6) is 0 Å². The number of oxime groups is 1. The van der Waals surface area contributed by atoms with Crippen LogP contribution < -0.4 is 0 Å². The Hall–Kier alpha value is -4.08. The summed E-state index contributed by atoms with van der Waals surface area (Å²) < 4.78 is 0. The van der Waals surface area contributed by atoms with E-state index in [1.54, 1.807) is 12.1 Å². The van der Waals surface area contributed by atoms with Crippen molar-refractivity contribution >= 4 is 17.1 Å². The van der Waals surface area contributed by atoms with Crippen LogP contribution in [0.2, 0.25) is 0 Å². The standard InChI is InChI=1S/C16H11N5O5/c22-19-15(11-3-7-13(8-4-11)21(25)26)16-17-9-14(18-16)10-1-5-12(6-2-10)20(23)24/h1-9,22H,(H,17,18)/b19-15-. The van der Waals surface area contributed by atoms with Crippen LogP contribution in [-0.4, -0.2) is 30.7 Å². The summed E-state index contributed by atoms with van der Waals surface area (Å²) in [7, 11) is 0. The molecule has 0 aliphatic heterocycles. The average Bonchev–Trinajstić information content (AvgIpc) is 3.12. The molecule has 0 radical (unpaired) electrons. The van der Waals surface area contributed by atoms with Gasteiger partial charge in [0.05, 0.1) is 21.7 Å². The highest BCUT2D eigenvalue weighted by molar-refractivity contribution is 6.10. The van der Waals surface area contributed by atoms with Gasteiger partial charge in [0.15, 0.2) is 11.5 Å². The lowest BCUT2D eigenvalue weighted by molar-refractivity contribution is -0.385. The topological polar surface area (TPSA) is 148 Å². The average molecular weight is 353 g/mol. The second-order valence-electron chi connectivity index (χ2n) is 5.20. The number of nitro benzene ring substituents is 2. The zero-order valence-electron chi connectivity index (χ0n) is 13.1. The van der Waals surface area contributed by atoms with Crippen LogP contribution in [-0.2, 0) is 0 Å². The van der Waals surface area contributed by atoms with Gasteiger partial charge in [-0.2, -0.15) is 0 Å². The quantitative estimate of drug-likeness (QED) is 0.311. The van der Waals surface area contributed by atoms with Crippen molar-refractivity contribution < 1.29 is 15.1 Å². The van der Waals surface area contributed by atoms with Crippen LogP contribution in [0, 0.1) is 20.2 Å². The molecule has 0 saturated carbocycles. The summed E-state index contributed by atoms with van der Waals surface area (Å²) >= 11 is 0. The van der Waals surface area contributed by atoms with Crippen LogP contribution in [0.1, 0.15) is 11.4 Å². The first-order chi connectivity index (χ1) is 12.5. The van der Waals surface area contributed by atoms with E-state index in [9.17, 15) is 25.4 Å². The monoisotopic (exact) mass is 353 g/mol. The fraction of sp³-hybridized carbons (Fsp3) is 0. The number of nitro groups is 2. The second-order valence-corrected chi connectivity index (χ2v) is 5.20. The fourth-order valence-electron chi connectivity index (χ4n) is 2.33. The molecule has 0 saturated heterocycles. The van der Waals surface area contributed by atoms with Gasteiger partial charge in [0, 0.05) is 35.4 Å². The summed E-state index contributed by atoms with van der Waals surface area (Å²) in [5, 5.41) is 33.9. The maximum Gasteiger partial charge on any atom is 0.269 e. The van der Waals surface area contributed by atoms with Gasteiger partial charge in [0.1, 0.15) is 0 Å². The summed E-state index contributed by atoms with van der Waals surface area (Å²) in [4.78, 5) is 27.5. The zero-order valence-corrected chi connectivity index (χ0v) is 13.1. The first kappa shape index (κ1) is 16.8. The van der Waals surface area contributed by atoms with Crippen molar-refractivity contribution in [3.63, 3.8) is 0 Å². The van der Waals surface area contributed by atoms with Gasteiger partial charge >= 0.3 is 0 Å². The van der Waals surface area contributed by atoms with Crippen LogP contribution in [0.15, 0.2) is 59.9 Å². The molecule has 1 heterocycles. The summed E-state index contributed by atoms with van der Waals surface area (Å²) in [5.74, 6) is 0.245. The maximum atomic E-state index is 10.7. The normalized spacial score (nSPS) is 11.3. The van der Waals surface area contributed by atoms with Crippen molar-refractivity contribution in [1.29, 1.82) is 0 Å². The van der Waals surface area contributed by atoms with E-state index in [0.717, 1.165) is 0 Å². The molecule has 3 aromatic rings. The van der Waals surface area contributed by atoms with Crippen LogP contribution in [0.25, 0.3) is 11.3 Å². The van der Waals surface area contributed by atoms with Gasteiger partial charge in [-0.15, -0.1) is 0 Å². The number of hydrogen-bond acceptors (Lipinski definition) is 7. The molecule has 3 rings (SSSR count). The second kappa shape index (κ2) is 6.81. The molecule has 0 atom stereocenters. The minimum absolute atomic E-state index is 0.0306. The van der Waals surface area contributed by atoms with E-state index >= 15 is 0 Å². The van der Waals surface area contributed by atoms with Gasteiger partial charge in [0.2, 0.25) is 0 Å². The Morgan fingerprint density at radius 3 is 2.00 bits per heavy atom. The van der Waals surface area contributed by atoms with Crippen LogP contribution in [0.4, 0.5) is 11.4 Å². The van der Waals surface area contributed by atoms with E-state index in [2.05, 4.69) is 15.1 Å². The van der Waals surface area contributed by atoms with E-state index in [4.69, 9.17) is 0 Å². The first-order valence-electron chi connectivity index (χ1n) is 7.26. The summed E-state index contributed by atoms with van der Waals surface area (Å²) in [6.45, 7) is 0. The molecular formula is C16H11N5O5. The first-order valence-corrected chi connectivity index (χ1v) is 7.26. The number of hydrogen-bond donors (Lipinski definition) is 2. The Balaban J connectivity index is 1.89. The molecule has 0 spiro atoms. The highest BCUT2D eigenvalue weighted by Gasteiger charge is 2.15. The van der Waals surface area contributed by atoms with E-state index in [1.165, 1.54) is 42.6 Å². The summed E-state index contributed by atoms with van der Waals surface area (Å²) in [5.41, 5.74) is 1.65. The number of aromatic nitrogens is 2. The zero-order chi connectivity index (χ0) is 18.7. The lowest BCUT2D eigenvalue weighted by Crippen LogP contribution is -2.06. The van der Waals surface area contributed by atoms with Gasteiger partial charge in [-0.25, -0.2) is 4.98 Å². The Morgan fingerprint density at radius 1 is 0.962 bits per heavy atom. The number of nitrogens with zero attached hydrogens (tertiary/aromatic N) is 4. The lowest BCUT2D eigenvalue weighted by Gasteiger charge is -2.02. The lowest BCUT2D eigenvalue weighted by atomic mass is 10.1. The van der Waals surface area contributed by atoms with Crippen molar-refractivity contribution in [1.82, 2.24) is 9.97 Å². The molecule has 1 aromatic heterocycles. The number of nitrogens with one attached hydrogen (secondary N) is 1. The van der Waals surface area contributed by atoms with Crippen LogP contribution >= 0.6 is 0 Å². The third-order valence-corrected chi connectivity index (χ3v) is 3.64. The summed E-state index contributed by atoms with van der Waals surface area (Å²) in [6, 6.07) is 11.3. The molecule has 10 heteroatoms. The molecule has 0 fully saturated rings. The van der Waals surface area contributed by atoms with Gasteiger partial charge in [-0.3, -0.25) is 20.2 Å². The Morgan fingerprint density at radius 2 is 1.50 bits per heavy atom. The highest BCUT2D eigenvalue weighted by atomic mass is 16.6. The van der Waals surface area contributed by atoms with Gasteiger partial charge in [0.25, 0.3) is 11.4 Å². The fourth-order valence-corrected chi connectivity index (χ4v) is 2.33. The van der Waals surface area contributed by atoms with Crippen molar-refractivity contribution in [3.05, 3.63) is 86.3 Å². The van der Waals surface area contributed by atoms with Gasteiger partial charge in [-0.05, 0) is 24.3 Å². The molecule has 130 valence electrons. The molecule has 0 unspecified atom stereocenters. The number of H-pyrrole nitrogens is 1. The van der Waals surface area contributed by atoms with Crippen molar-refractivity contribution in [2.24, 2.45) is 5.16 Å². The molecule has 2 N–H and O–H groups in total. The molecule has 10 nitrogen and oxygen atoms in total. The Labute approximate surface area is 145 Å². The van der Waals surface area contributed by atoms with Crippen molar-refractivity contribution in [2.75, 3.05) is 0 Å². The molecule has 2 aromatic carbocycles. The third kappa shape index (κ3) is 3.24. The SMILES string of the molecule is O=[N+]([O-])c1ccc(/C(=N/O)c2ncc(-c3ccc([N+](=O)[O-])cc3)[nH]2)cc1. The highest BCUT2D eigenvalue weighted by Crippen LogP contribution is 2.22. The maximum absolute atomic E-state index is 10.7. The minimum atomic E-state index is -0.529. The predicted octanol–water partition coefficient (Wildman–Crippen LogP) is 3.12. The van der Waals surface area contributed by atoms with Gasteiger partial charge in [-0.1, -0.05) is 5.16 Å². The van der Waals surface area contributed by atoms with Crippen molar-refractivity contribution in [3.8, 4) is 11.3 Å². The van der Waals surface area contributed by atoms with Crippen molar-refractivity contribution in [2.45, 2.75) is 0 Å². The van der Waals surface area contributed by atoms with E-state index in [-0.39, 0.29) is 22.9 Å². The molecule has 0 aliphatic carbocycles. The van der Waals surface area contributed by atoms with E-state index in [0.29, 0.717) is 16.8 Å². The van der Waals surface area contributed by atoms with Gasteiger partial charge < -0.3 is 10.2 Å². The third-order valence-electron chi connectivity index (χ3n) is 3.64. The molecule has 26 heavy (non-hydrogen) atoms. The summed E-state index contributed by atoms with van der Waals surface area (Å²) in [6.07, 6.45) is 1.49. The Bertz CT molecular complexity index is 993. The number of non-ortho nitro benzene ring substituents is 2. The number of benzene rings is 2. The molecule has 0 amide bonds. The molecule has 0 bridgehead atoms.